The maximum atomic E-state index is 12.5. The minimum Gasteiger partial charge on any atom is -0.459 e. The van der Waals surface area contributed by atoms with Crippen LogP contribution in [0.15, 0.2) is 57.4 Å². The first-order valence-electron chi connectivity index (χ1n) is 7.88. The zero-order valence-corrected chi connectivity index (χ0v) is 14.8. The summed E-state index contributed by atoms with van der Waals surface area (Å²) in [4.78, 5) is 14.2. The average Bonchev–Trinajstić information content (AvgIpc) is 3.04. The van der Waals surface area contributed by atoms with E-state index in [-0.39, 0.29) is 11.8 Å². The Morgan fingerprint density at radius 1 is 1.22 bits per heavy atom. The largest absolute Gasteiger partial charge is 0.459 e. The monoisotopic (exact) mass is 373 g/mol. The lowest BCUT2D eigenvalue weighted by molar-refractivity contribution is -0.135. The molecule has 0 aliphatic heterocycles. The van der Waals surface area contributed by atoms with E-state index in [1.54, 1.807) is 4.90 Å². The third-order valence-electron chi connectivity index (χ3n) is 4.18. The quantitative estimate of drug-likeness (QED) is 0.704. The molecule has 1 aromatic carbocycles. The smallest absolute Gasteiger partial charge is 0.226 e. The van der Waals surface area contributed by atoms with Gasteiger partial charge in [-0.15, -0.1) is 0 Å². The van der Waals surface area contributed by atoms with Crippen molar-refractivity contribution < 1.29 is 9.21 Å². The first kappa shape index (κ1) is 16.1. The molecule has 0 unspecified atom stereocenters. The number of amides is 1. The number of benzene rings is 1. The molecule has 0 fully saturated rings. The van der Waals surface area contributed by atoms with Crippen molar-refractivity contribution in [2.45, 2.75) is 25.8 Å². The summed E-state index contributed by atoms with van der Waals surface area (Å²) in [7, 11) is 1.85. The lowest BCUT2D eigenvalue weighted by atomic mass is 9.93. The van der Waals surface area contributed by atoms with E-state index in [4.69, 9.17) is 4.42 Å². The van der Waals surface area contributed by atoms with Crippen molar-refractivity contribution >= 4 is 21.8 Å². The Balaban J connectivity index is 1.65. The fraction of sp³-hybridized carbons (Fsp3) is 0.316. The number of carbonyl (C=O) groups excluding carboxylic acids is 1. The second kappa shape index (κ2) is 7.18. The molecule has 1 aliphatic carbocycles. The van der Waals surface area contributed by atoms with Crippen molar-refractivity contribution in [2.75, 3.05) is 7.05 Å². The van der Waals surface area contributed by atoms with Gasteiger partial charge in [-0.1, -0.05) is 40.2 Å². The minimum absolute atomic E-state index is 0.117. The fourth-order valence-electron chi connectivity index (χ4n) is 2.87. The van der Waals surface area contributed by atoms with E-state index >= 15 is 0 Å². The van der Waals surface area contributed by atoms with Gasteiger partial charge >= 0.3 is 0 Å². The van der Waals surface area contributed by atoms with Gasteiger partial charge in [0.1, 0.15) is 11.5 Å². The summed E-state index contributed by atoms with van der Waals surface area (Å²) in [5, 5.41) is 0. The summed E-state index contributed by atoms with van der Waals surface area (Å²) in [5.41, 5.74) is 1.03. The minimum atomic E-state index is 0.117. The number of hydrogen-bond donors (Lipinski definition) is 0. The predicted octanol–water partition coefficient (Wildman–Crippen LogP) is 5.02. The second-order valence-electron chi connectivity index (χ2n) is 5.95. The maximum Gasteiger partial charge on any atom is 0.226 e. The molecule has 1 atom stereocenters. The van der Waals surface area contributed by atoms with Gasteiger partial charge in [0, 0.05) is 23.0 Å². The first-order chi connectivity index (χ1) is 11.1. The van der Waals surface area contributed by atoms with Gasteiger partial charge in [0.2, 0.25) is 5.91 Å². The number of nitrogens with zero attached hydrogens (tertiary/aromatic N) is 1. The van der Waals surface area contributed by atoms with Gasteiger partial charge in [-0.3, -0.25) is 4.79 Å². The van der Waals surface area contributed by atoms with E-state index in [9.17, 15) is 4.79 Å². The zero-order valence-electron chi connectivity index (χ0n) is 13.2. The van der Waals surface area contributed by atoms with Crippen LogP contribution in [-0.2, 0) is 11.3 Å². The number of furan rings is 1. The van der Waals surface area contributed by atoms with Gasteiger partial charge in [0.05, 0.1) is 6.54 Å². The summed E-state index contributed by atoms with van der Waals surface area (Å²) in [6, 6.07) is 11.9. The molecule has 0 saturated heterocycles. The topological polar surface area (TPSA) is 33.5 Å². The normalized spacial score (nSPS) is 17.2. The van der Waals surface area contributed by atoms with Crippen molar-refractivity contribution in [1.82, 2.24) is 4.90 Å². The second-order valence-corrected chi connectivity index (χ2v) is 6.86. The SMILES string of the molecule is CN(Cc1ccc(-c2ccc(Br)cc2)o1)C(=O)[C@H]1CC=CCC1. The number of allylic oxidation sites excluding steroid dienone is 2. The van der Waals surface area contributed by atoms with Crippen molar-refractivity contribution in [3.05, 3.63) is 58.8 Å². The molecule has 0 radical (unpaired) electrons. The van der Waals surface area contributed by atoms with Crippen LogP contribution < -0.4 is 0 Å². The summed E-state index contributed by atoms with van der Waals surface area (Å²) in [5.74, 6) is 1.96. The molecule has 0 spiro atoms. The van der Waals surface area contributed by atoms with Crippen LogP contribution in [0.5, 0.6) is 0 Å². The molecular formula is C19H20BrNO2. The lowest BCUT2D eigenvalue weighted by Gasteiger charge is -2.23. The number of rotatable bonds is 4. The van der Waals surface area contributed by atoms with Crippen molar-refractivity contribution in [3.8, 4) is 11.3 Å². The summed E-state index contributed by atoms with van der Waals surface area (Å²) in [6.07, 6.45) is 7.06. The summed E-state index contributed by atoms with van der Waals surface area (Å²) < 4.78 is 6.94. The van der Waals surface area contributed by atoms with Gasteiger partial charge in [-0.2, -0.15) is 0 Å². The van der Waals surface area contributed by atoms with Gasteiger partial charge in [-0.05, 0) is 43.5 Å². The van der Waals surface area contributed by atoms with Gasteiger partial charge in [0.15, 0.2) is 0 Å². The van der Waals surface area contributed by atoms with E-state index in [2.05, 4.69) is 28.1 Å². The van der Waals surface area contributed by atoms with Crippen LogP contribution >= 0.6 is 15.9 Å². The Kier molecular flexibility index (Phi) is 5.01. The third-order valence-corrected chi connectivity index (χ3v) is 4.71. The Morgan fingerprint density at radius 2 is 2.00 bits per heavy atom. The zero-order chi connectivity index (χ0) is 16.2. The maximum absolute atomic E-state index is 12.5. The van der Waals surface area contributed by atoms with Crippen LogP contribution in [0.4, 0.5) is 0 Å². The molecule has 0 bridgehead atoms. The van der Waals surface area contributed by atoms with Crippen LogP contribution in [0.3, 0.4) is 0 Å². The van der Waals surface area contributed by atoms with Gasteiger partial charge < -0.3 is 9.32 Å². The van der Waals surface area contributed by atoms with Crippen LogP contribution in [0.1, 0.15) is 25.0 Å². The molecule has 0 N–H and O–H groups in total. The molecule has 1 aliphatic rings. The molecule has 120 valence electrons. The predicted molar refractivity (Wildman–Crippen MR) is 94.8 cm³/mol. The van der Waals surface area contributed by atoms with E-state index in [1.165, 1.54) is 0 Å². The Morgan fingerprint density at radius 3 is 2.70 bits per heavy atom. The molecule has 1 heterocycles. The molecule has 3 rings (SSSR count). The van der Waals surface area contributed by atoms with E-state index < -0.39 is 0 Å². The number of carbonyl (C=O) groups is 1. The molecule has 2 aromatic rings. The van der Waals surface area contributed by atoms with E-state index in [0.29, 0.717) is 6.54 Å². The molecule has 1 amide bonds. The number of hydrogen-bond acceptors (Lipinski definition) is 2. The fourth-order valence-corrected chi connectivity index (χ4v) is 3.14. The van der Waals surface area contributed by atoms with Crippen molar-refractivity contribution in [2.24, 2.45) is 5.92 Å². The molecule has 3 nitrogen and oxygen atoms in total. The van der Waals surface area contributed by atoms with Crippen molar-refractivity contribution in [3.63, 3.8) is 0 Å². The highest BCUT2D eigenvalue weighted by Gasteiger charge is 2.22. The third kappa shape index (κ3) is 3.94. The Labute approximate surface area is 145 Å². The highest BCUT2D eigenvalue weighted by molar-refractivity contribution is 9.10. The molecule has 0 saturated carbocycles. The average molecular weight is 374 g/mol. The number of halogens is 1. The van der Waals surface area contributed by atoms with Crippen molar-refractivity contribution in [1.29, 1.82) is 0 Å². The van der Waals surface area contributed by atoms with E-state index in [0.717, 1.165) is 40.8 Å². The van der Waals surface area contributed by atoms with Gasteiger partial charge in [-0.25, -0.2) is 0 Å². The van der Waals surface area contributed by atoms with Crippen LogP contribution in [0, 0.1) is 5.92 Å². The molecule has 4 heteroatoms. The van der Waals surface area contributed by atoms with E-state index in [1.807, 2.05) is 43.4 Å². The summed E-state index contributed by atoms with van der Waals surface area (Å²) in [6.45, 7) is 0.509. The van der Waals surface area contributed by atoms with Crippen LogP contribution in [0.2, 0.25) is 0 Å². The van der Waals surface area contributed by atoms with Crippen LogP contribution in [0.25, 0.3) is 11.3 Å². The summed E-state index contributed by atoms with van der Waals surface area (Å²) >= 11 is 3.43. The van der Waals surface area contributed by atoms with Crippen LogP contribution in [-0.4, -0.2) is 17.9 Å². The lowest BCUT2D eigenvalue weighted by Crippen LogP contribution is -2.32. The highest BCUT2D eigenvalue weighted by Crippen LogP contribution is 2.25. The molecule has 1 aromatic heterocycles. The van der Waals surface area contributed by atoms with Gasteiger partial charge in [0.25, 0.3) is 0 Å². The molecular weight excluding hydrogens is 354 g/mol. The molecule has 23 heavy (non-hydrogen) atoms. The highest BCUT2D eigenvalue weighted by atomic mass is 79.9. The standard InChI is InChI=1S/C19H20BrNO2/c1-21(19(22)15-5-3-2-4-6-15)13-17-11-12-18(23-17)14-7-9-16(20)10-8-14/h2-3,7-12,15H,4-6,13H2,1H3/t15-/m0/s1. The first-order valence-corrected chi connectivity index (χ1v) is 8.67. The Hall–Kier alpha value is -1.81. The Bertz CT molecular complexity index is 702.